The first-order valence-electron chi connectivity index (χ1n) is 21.1. The minimum Gasteiger partial charge on any atom is -0.471 e. The Bertz CT molecular complexity index is 1760. The number of ether oxygens (including phenoxy) is 1. The van der Waals surface area contributed by atoms with Crippen molar-refractivity contribution >= 4 is 30.0 Å². The first kappa shape index (κ1) is 54.2. The topological polar surface area (TPSA) is 196 Å². The van der Waals surface area contributed by atoms with Crippen LogP contribution >= 0.6 is 0 Å². The molecule has 0 bridgehead atoms. The molecule has 0 unspecified atom stereocenters. The van der Waals surface area contributed by atoms with Crippen LogP contribution < -0.4 is 10.6 Å². The minimum atomic E-state index is -0.150. The third-order valence-electron chi connectivity index (χ3n) is 7.74. The molecule has 3 amide bonds. The summed E-state index contributed by atoms with van der Waals surface area (Å²) in [6.07, 6.45) is 17.7. The maximum absolute atomic E-state index is 11.3. The number of H-pyrrole nitrogens is 2. The Balaban J connectivity index is 0.000000818. The zero-order valence-electron chi connectivity index (χ0n) is 38.0. The lowest BCUT2D eigenvalue weighted by Gasteiger charge is -2.14. The molecule has 4 aromatic heterocycles. The Hall–Kier alpha value is -5.77. The molecule has 2 fully saturated rings. The van der Waals surface area contributed by atoms with E-state index >= 15 is 0 Å². The van der Waals surface area contributed by atoms with Crippen molar-refractivity contribution in [1.29, 1.82) is 0 Å². The number of amides is 3. The molecular weight excluding hydrogens is 765 g/mol. The van der Waals surface area contributed by atoms with E-state index in [9.17, 15) is 14.4 Å². The van der Waals surface area contributed by atoms with Gasteiger partial charge in [0.2, 0.25) is 17.7 Å². The summed E-state index contributed by atoms with van der Waals surface area (Å²) < 4.78 is 11.6. The number of nitrogens with one attached hydrogen (secondary N) is 4. The molecular formula is C44H72N10O6. The lowest BCUT2D eigenvalue weighted by atomic mass is 10.1. The fourth-order valence-corrected chi connectivity index (χ4v) is 5.19. The molecule has 0 atom stereocenters. The molecule has 7 rings (SSSR count). The highest BCUT2D eigenvalue weighted by Gasteiger charge is 2.18. The number of aromatic nitrogens is 6. The molecule has 4 N–H and O–H groups in total. The second-order valence-corrected chi connectivity index (χ2v) is 12.8. The largest absolute Gasteiger partial charge is 0.471 e. The van der Waals surface area contributed by atoms with Gasteiger partial charge in [0.15, 0.2) is 5.76 Å². The summed E-state index contributed by atoms with van der Waals surface area (Å²) in [7, 11) is 3.11. The van der Waals surface area contributed by atoms with Gasteiger partial charge in [-0.2, -0.15) is 4.98 Å². The first-order chi connectivity index (χ1) is 29.1. The van der Waals surface area contributed by atoms with E-state index in [2.05, 4.69) is 68.0 Å². The van der Waals surface area contributed by atoms with Crippen LogP contribution in [-0.2, 0) is 23.9 Å². The van der Waals surface area contributed by atoms with E-state index in [0.29, 0.717) is 18.9 Å². The molecule has 2 saturated heterocycles. The number of carbonyl (C=O) groups is 4. The van der Waals surface area contributed by atoms with E-state index in [-0.39, 0.29) is 24.3 Å². The third kappa shape index (κ3) is 20.8. The highest BCUT2D eigenvalue weighted by atomic mass is 16.5. The molecule has 16 heteroatoms. The number of rotatable bonds is 8. The number of carbonyl (C=O) groups excluding carboxylic acids is 4. The van der Waals surface area contributed by atoms with Crippen LogP contribution in [0.4, 0.5) is 0 Å². The Morgan fingerprint density at radius 2 is 1.22 bits per heavy atom. The number of methoxy groups -OCH3 is 1. The molecule has 6 heterocycles. The normalized spacial score (nSPS) is 11.9. The summed E-state index contributed by atoms with van der Waals surface area (Å²) in [5.74, 6) is 1.43. The lowest BCUT2D eigenvalue weighted by molar-refractivity contribution is -0.131. The van der Waals surface area contributed by atoms with Crippen LogP contribution in [0.25, 0.3) is 39.8 Å². The van der Waals surface area contributed by atoms with Crippen molar-refractivity contribution in [2.24, 2.45) is 0 Å². The zero-order valence-corrected chi connectivity index (χ0v) is 38.0. The third-order valence-corrected chi connectivity index (χ3v) is 7.74. The van der Waals surface area contributed by atoms with E-state index in [1.54, 1.807) is 37.0 Å². The second-order valence-electron chi connectivity index (χ2n) is 12.8. The van der Waals surface area contributed by atoms with Crippen LogP contribution in [0.5, 0.6) is 0 Å². The fraction of sp³-hybridized carbons (Fsp3) is 0.523. The monoisotopic (exact) mass is 837 g/mol. The van der Waals surface area contributed by atoms with Crippen LogP contribution in [-0.4, -0.2) is 117 Å². The summed E-state index contributed by atoms with van der Waals surface area (Å²) >= 11 is 0. The molecule has 0 aliphatic carbocycles. The van der Waals surface area contributed by atoms with Gasteiger partial charge in [-0.3, -0.25) is 23.6 Å². The molecule has 2 aliphatic heterocycles. The number of nitrogens with zero attached hydrogens (tertiary/aromatic N) is 6. The fourth-order valence-electron chi connectivity index (χ4n) is 5.19. The molecule has 334 valence electrons. The highest BCUT2D eigenvalue weighted by molar-refractivity contribution is 5.83. The number of likely N-dealkylation sites (tertiary alicyclic amines) is 2. The van der Waals surface area contributed by atoms with Gasteiger partial charge >= 0.3 is 5.84 Å². The van der Waals surface area contributed by atoms with Gasteiger partial charge in [-0.1, -0.05) is 92.5 Å². The van der Waals surface area contributed by atoms with E-state index in [4.69, 9.17) is 9.21 Å². The van der Waals surface area contributed by atoms with Gasteiger partial charge in [0, 0.05) is 44.9 Å². The van der Waals surface area contributed by atoms with Gasteiger partial charge in [0.25, 0.3) is 6.47 Å². The van der Waals surface area contributed by atoms with Crippen molar-refractivity contribution in [2.75, 3.05) is 53.4 Å². The Labute approximate surface area is 357 Å². The van der Waals surface area contributed by atoms with Gasteiger partial charge in [0.1, 0.15) is 5.69 Å². The number of imidazole rings is 3. The predicted molar refractivity (Wildman–Crippen MR) is 240 cm³/mol. The van der Waals surface area contributed by atoms with Crippen molar-refractivity contribution in [3.63, 3.8) is 0 Å². The van der Waals surface area contributed by atoms with Crippen molar-refractivity contribution < 1.29 is 28.3 Å². The van der Waals surface area contributed by atoms with Crippen LogP contribution in [0.1, 0.15) is 101 Å². The summed E-state index contributed by atoms with van der Waals surface area (Å²) in [5.41, 5.74) is 4.72. The maximum Gasteiger partial charge on any atom is 0.306 e. The second kappa shape index (κ2) is 34.1. The van der Waals surface area contributed by atoms with Crippen molar-refractivity contribution in [1.82, 2.24) is 49.8 Å². The zero-order chi connectivity index (χ0) is 45.1. The van der Waals surface area contributed by atoms with Gasteiger partial charge in [0.05, 0.1) is 62.8 Å². The van der Waals surface area contributed by atoms with Crippen molar-refractivity contribution in [3.05, 3.63) is 61.7 Å². The van der Waals surface area contributed by atoms with E-state index < -0.39 is 0 Å². The van der Waals surface area contributed by atoms with E-state index in [0.717, 1.165) is 73.0 Å². The van der Waals surface area contributed by atoms with Crippen LogP contribution in [0, 0.1) is 0 Å². The van der Waals surface area contributed by atoms with Crippen LogP contribution in [0.15, 0.2) is 66.1 Å². The van der Waals surface area contributed by atoms with Crippen LogP contribution in [0.2, 0.25) is 0 Å². The number of aromatic amines is 2. The number of benzene rings is 1. The number of fused-ring (bicyclic) bond motifs is 1. The minimum absolute atomic E-state index is 0.0303. The average Bonchev–Trinajstić information content (AvgIpc) is 4.12. The standard InChI is InChI=1S/C17H12N6O.C8H14N2O2.C7H14N2O.2C3H8.C2H4O2.2C2H6/c1-3-12(4-2-11(1)13-5-18-9-20-13)16-8-23-7-15(22-17(23)24-16)14-6-19-10-21-14;1-7(11)9-6-8(12)10-4-2-3-5-10;1-8-6-7(10)9-4-2-3-5-9;2*1-3-2;1-4-2-3;2*1-2/h1-10H,(H,18,20)(H,19,21);2-6H2,1H3,(H,9,11);8H,2-6H2,1H3;2*3H2,1-2H3;2H,1H3;2*1-2H3. The molecule has 0 spiro atoms. The van der Waals surface area contributed by atoms with Crippen molar-refractivity contribution in [3.8, 4) is 34.0 Å². The van der Waals surface area contributed by atoms with Gasteiger partial charge in [-0.25, -0.2) is 9.97 Å². The molecule has 2 aliphatic rings. The summed E-state index contributed by atoms with van der Waals surface area (Å²) in [5, 5.41) is 5.35. The molecule has 0 saturated carbocycles. The number of oxazole rings is 1. The first-order valence-corrected chi connectivity index (χ1v) is 21.1. The maximum atomic E-state index is 11.3. The molecule has 60 heavy (non-hydrogen) atoms. The SMILES string of the molecule is CC.CC.CC(=O)NCC(=O)N1CCCC1.CCC.CCC.CNCC(=O)N1CCCC1.COC=O.c1ncc(-c2ccc(-c3cn4cc(-c5cnc[nH]5)nc4o3)cc2)[nH]1. The van der Waals surface area contributed by atoms with E-state index in [1.165, 1.54) is 39.7 Å². The Morgan fingerprint density at radius 1 is 0.767 bits per heavy atom. The van der Waals surface area contributed by atoms with Gasteiger partial charge in [-0.15, -0.1) is 0 Å². The molecule has 0 radical (unpaired) electrons. The quantitative estimate of drug-likeness (QED) is 0.113. The number of hydrogen-bond donors (Lipinski definition) is 4. The average molecular weight is 837 g/mol. The van der Waals surface area contributed by atoms with Gasteiger partial charge < -0.3 is 39.6 Å². The summed E-state index contributed by atoms with van der Waals surface area (Å²) in [6, 6.07) is 8.10. The summed E-state index contributed by atoms with van der Waals surface area (Å²) in [6.45, 7) is 22.5. The molecule has 5 aromatic rings. The van der Waals surface area contributed by atoms with Gasteiger partial charge in [-0.05, 0) is 38.3 Å². The van der Waals surface area contributed by atoms with Crippen molar-refractivity contribution in [2.45, 2.75) is 101 Å². The Kier molecular flexibility index (Phi) is 30.8. The summed E-state index contributed by atoms with van der Waals surface area (Å²) in [4.78, 5) is 64.1. The predicted octanol–water partition coefficient (Wildman–Crippen LogP) is 7.62. The number of hydrogen-bond acceptors (Lipinski definition) is 10. The molecule has 16 nitrogen and oxygen atoms in total. The smallest absolute Gasteiger partial charge is 0.306 e. The highest BCUT2D eigenvalue weighted by Crippen LogP contribution is 2.27. The number of likely N-dealkylation sites (N-methyl/N-ethyl adjacent to an activating group) is 1. The van der Waals surface area contributed by atoms with Crippen LogP contribution in [0.3, 0.4) is 0 Å². The molecule has 1 aromatic carbocycles. The van der Waals surface area contributed by atoms with E-state index in [1.807, 2.05) is 73.7 Å². The lowest BCUT2D eigenvalue weighted by Crippen LogP contribution is -2.37. The Morgan fingerprint density at radius 3 is 1.62 bits per heavy atom.